The number of carbonyl (C=O) groups excluding carboxylic acids is 1. The van der Waals surface area contributed by atoms with Crippen LogP contribution in [0.4, 0.5) is 5.69 Å². The minimum absolute atomic E-state index is 0. The lowest BCUT2D eigenvalue weighted by atomic mass is 10.1. The molecule has 1 amide bonds. The number of carbonyl (C=O) groups is 1. The van der Waals surface area contributed by atoms with Crippen molar-refractivity contribution in [2.75, 3.05) is 11.6 Å². The molecule has 9 heteroatoms. The van der Waals surface area contributed by atoms with Crippen LogP contribution in [-0.4, -0.2) is 31.6 Å². The van der Waals surface area contributed by atoms with Crippen LogP contribution in [0.5, 0.6) is 0 Å². The quantitative estimate of drug-likeness (QED) is 0.856. The van der Waals surface area contributed by atoms with Crippen LogP contribution in [0.25, 0.3) is 0 Å². The molecule has 0 aliphatic carbocycles. The number of pyridine rings is 1. The third kappa shape index (κ3) is 6.04. The van der Waals surface area contributed by atoms with E-state index in [1.807, 2.05) is 13.8 Å². The highest BCUT2D eigenvalue weighted by Gasteiger charge is 2.17. The van der Waals surface area contributed by atoms with E-state index in [1.165, 1.54) is 18.3 Å². The Kier molecular flexibility index (Phi) is 9.00. The van der Waals surface area contributed by atoms with Gasteiger partial charge in [-0.05, 0) is 18.1 Å². The van der Waals surface area contributed by atoms with Gasteiger partial charge in [0.2, 0.25) is 5.91 Å². The zero-order valence-corrected chi connectivity index (χ0v) is 13.8. The lowest BCUT2D eigenvalue weighted by molar-refractivity contribution is -0.118. The number of sulfone groups is 1. The summed E-state index contributed by atoms with van der Waals surface area (Å²) in [6.07, 6.45) is 2.36. The average molecular weight is 344 g/mol. The van der Waals surface area contributed by atoms with Gasteiger partial charge in [0.1, 0.15) is 0 Å². The molecule has 1 unspecified atom stereocenters. The van der Waals surface area contributed by atoms with Gasteiger partial charge in [0.05, 0.1) is 17.9 Å². The Bertz CT molecular complexity index is 532. The van der Waals surface area contributed by atoms with Crippen LogP contribution in [0, 0.1) is 5.92 Å². The predicted molar refractivity (Wildman–Crippen MR) is 83.3 cm³/mol. The van der Waals surface area contributed by atoms with E-state index >= 15 is 0 Å². The van der Waals surface area contributed by atoms with Crippen LogP contribution in [0.1, 0.15) is 13.8 Å². The number of nitrogens with two attached hydrogens (primary N) is 1. The third-order valence-corrected chi connectivity index (χ3v) is 3.41. The van der Waals surface area contributed by atoms with Crippen LogP contribution in [0.3, 0.4) is 0 Å². The number of aromatic nitrogens is 1. The van der Waals surface area contributed by atoms with Crippen LogP contribution >= 0.6 is 24.8 Å². The molecule has 1 aromatic rings. The van der Waals surface area contributed by atoms with E-state index in [-0.39, 0.29) is 41.7 Å². The van der Waals surface area contributed by atoms with Crippen molar-refractivity contribution in [1.29, 1.82) is 0 Å². The molecule has 0 spiro atoms. The molecule has 0 radical (unpaired) electrons. The number of anilines is 1. The molecule has 0 bridgehead atoms. The molecule has 20 heavy (non-hydrogen) atoms. The number of nitrogens with zero attached hydrogens (tertiary/aromatic N) is 1. The SMILES string of the molecule is CC(C)C(N)C(=O)Nc1ccc(S(C)(=O)=O)nc1.Cl.Cl. The van der Waals surface area contributed by atoms with Gasteiger partial charge < -0.3 is 11.1 Å². The summed E-state index contributed by atoms with van der Waals surface area (Å²) >= 11 is 0. The fraction of sp³-hybridized carbons (Fsp3) is 0.455. The molecule has 6 nitrogen and oxygen atoms in total. The van der Waals surface area contributed by atoms with Crippen molar-refractivity contribution in [3.8, 4) is 0 Å². The van der Waals surface area contributed by atoms with Gasteiger partial charge in [0.15, 0.2) is 14.9 Å². The molecule has 0 saturated carbocycles. The van der Waals surface area contributed by atoms with Crippen molar-refractivity contribution >= 4 is 46.2 Å². The Labute approximate surface area is 131 Å². The fourth-order valence-electron chi connectivity index (χ4n) is 1.20. The maximum Gasteiger partial charge on any atom is 0.241 e. The number of amides is 1. The Hall–Kier alpha value is -0.890. The van der Waals surface area contributed by atoms with Crippen molar-refractivity contribution in [3.63, 3.8) is 0 Å². The number of halogens is 2. The van der Waals surface area contributed by atoms with Crippen LogP contribution in [0.2, 0.25) is 0 Å². The molecule has 3 N–H and O–H groups in total. The molecule has 0 saturated heterocycles. The maximum absolute atomic E-state index is 11.7. The monoisotopic (exact) mass is 343 g/mol. The fourth-order valence-corrected chi connectivity index (χ4v) is 1.76. The van der Waals surface area contributed by atoms with Gasteiger partial charge >= 0.3 is 0 Å². The highest BCUT2D eigenvalue weighted by Crippen LogP contribution is 2.11. The molecule has 1 aromatic heterocycles. The molecule has 0 aromatic carbocycles. The maximum atomic E-state index is 11.7. The zero-order chi connectivity index (χ0) is 13.9. The van der Waals surface area contributed by atoms with E-state index in [0.717, 1.165) is 6.26 Å². The van der Waals surface area contributed by atoms with Crippen LogP contribution < -0.4 is 11.1 Å². The highest BCUT2D eigenvalue weighted by molar-refractivity contribution is 7.90. The van der Waals surface area contributed by atoms with Crippen LogP contribution in [-0.2, 0) is 14.6 Å². The topological polar surface area (TPSA) is 102 Å². The second-order valence-corrected chi connectivity index (χ2v) is 6.38. The predicted octanol–water partition coefficient (Wildman–Crippen LogP) is 1.25. The van der Waals surface area contributed by atoms with Crippen molar-refractivity contribution in [2.45, 2.75) is 24.9 Å². The van der Waals surface area contributed by atoms with Crippen molar-refractivity contribution in [2.24, 2.45) is 11.7 Å². The molecule has 1 rings (SSSR count). The Balaban J connectivity index is 0. The van der Waals surface area contributed by atoms with Gasteiger partial charge in [-0.2, -0.15) is 0 Å². The number of rotatable bonds is 4. The summed E-state index contributed by atoms with van der Waals surface area (Å²) in [6, 6.07) is 2.21. The molecular weight excluding hydrogens is 325 g/mol. The van der Waals surface area contributed by atoms with E-state index in [1.54, 1.807) is 0 Å². The summed E-state index contributed by atoms with van der Waals surface area (Å²) in [5.41, 5.74) is 6.10. The van der Waals surface area contributed by atoms with Crippen molar-refractivity contribution in [3.05, 3.63) is 18.3 Å². The number of hydrogen-bond acceptors (Lipinski definition) is 5. The lowest BCUT2D eigenvalue weighted by Crippen LogP contribution is -2.39. The smallest absolute Gasteiger partial charge is 0.241 e. The van der Waals surface area contributed by atoms with E-state index in [2.05, 4.69) is 10.3 Å². The van der Waals surface area contributed by atoms with Gasteiger partial charge in [0, 0.05) is 6.26 Å². The number of nitrogens with one attached hydrogen (secondary N) is 1. The summed E-state index contributed by atoms with van der Waals surface area (Å²) in [5, 5.41) is 2.55. The Morgan fingerprint density at radius 3 is 2.20 bits per heavy atom. The van der Waals surface area contributed by atoms with Gasteiger partial charge in [-0.1, -0.05) is 13.8 Å². The van der Waals surface area contributed by atoms with Gasteiger partial charge in [-0.3, -0.25) is 4.79 Å². The summed E-state index contributed by atoms with van der Waals surface area (Å²) in [7, 11) is -3.33. The molecule has 116 valence electrons. The molecule has 1 atom stereocenters. The van der Waals surface area contributed by atoms with Crippen molar-refractivity contribution in [1.82, 2.24) is 4.98 Å². The molecule has 1 heterocycles. The Morgan fingerprint density at radius 2 is 1.85 bits per heavy atom. The second-order valence-electron chi connectivity index (χ2n) is 4.42. The molecular formula is C11H19Cl2N3O3S. The first kappa shape index (κ1) is 21.4. The summed E-state index contributed by atoms with van der Waals surface area (Å²) in [4.78, 5) is 15.4. The number of hydrogen-bond donors (Lipinski definition) is 2. The lowest BCUT2D eigenvalue weighted by Gasteiger charge is -2.15. The van der Waals surface area contributed by atoms with E-state index < -0.39 is 15.9 Å². The largest absolute Gasteiger partial charge is 0.323 e. The Morgan fingerprint density at radius 1 is 1.30 bits per heavy atom. The first-order valence-corrected chi connectivity index (χ1v) is 7.33. The molecule has 0 aliphatic heterocycles. The van der Waals surface area contributed by atoms with E-state index in [9.17, 15) is 13.2 Å². The minimum atomic E-state index is -3.33. The van der Waals surface area contributed by atoms with Crippen molar-refractivity contribution < 1.29 is 13.2 Å². The first-order chi connectivity index (χ1) is 8.21. The highest BCUT2D eigenvalue weighted by atomic mass is 35.5. The summed E-state index contributed by atoms with van der Waals surface area (Å²) in [6.45, 7) is 3.69. The average Bonchev–Trinajstić information content (AvgIpc) is 2.27. The second kappa shape index (κ2) is 8.41. The molecule has 0 fully saturated rings. The van der Waals surface area contributed by atoms with Crippen LogP contribution in [0.15, 0.2) is 23.4 Å². The van der Waals surface area contributed by atoms with Gasteiger partial charge in [-0.15, -0.1) is 24.8 Å². The standard InChI is InChI=1S/C11H17N3O3S.2ClH/c1-7(2)10(12)11(15)14-8-4-5-9(13-6-8)18(3,16)17;;/h4-7,10H,12H2,1-3H3,(H,14,15);2*1H. The minimum Gasteiger partial charge on any atom is -0.323 e. The zero-order valence-electron chi connectivity index (χ0n) is 11.4. The normalized spacial score (nSPS) is 12.1. The third-order valence-electron chi connectivity index (χ3n) is 2.40. The van der Waals surface area contributed by atoms with E-state index in [4.69, 9.17) is 5.73 Å². The van der Waals surface area contributed by atoms with E-state index in [0.29, 0.717) is 5.69 Å². The van der Waals surface area contributed by atoms with Gasteiger partial charge in [-0.25, -0.2) is 13.4 Å². The first-order valence-electron chi connectivity index (χ1n) is 5.44. The molecule has 0 aliphatic rings. The summed E-state index contributed by atoms with van der Waals surface area (Å²) < 4.78 is 22.4. The van der Waals surface area contributed by atoms with Gasteiger partial charge in [0.25, 0.3) is 0 Å². The summed E-state index contributed by atoms with van der Waals surface area (Å²) in [5.74, 6) is -0.299.